The molecule has 3 N–H and O–H groups in total. The van der Waals surface area contributed by atoms with Crippen LogP contribution < -0.4 is 15.4 Å². The van der Waals surface area contributed by atoms with Crippen molar-refractivity contribution in [3.63, 3.8) is 0 Å². The zero-order valence-electron chi connectivity index (χ0n) is 14.4. The maximum atomic E-state index is 12.6. The Morgan fingerprint density at radius 3 is 2.67 bits per heavy atom. The number of nitrogens with one attached hydrogen (secondary N) is 3. The van der Waals surface area contributed by atoms with Crippen LogP contribution in [0.1, 0.15) is 12.8 Å². The van der Waals surface area contributed by atoms with Gasteiger partial charge in [-0.2, -0.15) is 0 Å². The molecule has 0 spiro atoms. The topological polar surface area (TPSA) is 79.5 Å². The van der Waals surface area contributed by atoms with Crippen molar-refractivity contribution in [2.24, 2.45) is 0 Å². The zero-order valence-corrected chi connectivity index (χ0v) is 16.8. The Kier molecular flexibility index (Phi) is 6.54. The molecule has 1 unspecified atom stereocenters. The van der Waals surface area contributed by atoms with E-state index in [1.807, 2.05) is 0 Å². The number of hydrogen-bond donors (Lipinski definition) is 3. The van der Waals surface area contributed by atoms with Gasteiger partial charge in [-0.05, 0) is 67.5 Å². The lowest BCUT2D eigenvalue weighted by atomic mass is 10.2. The fraction of sp³-hybridized carbons (Fsp3) is 0.278. The highest BCUT2D eigenvalue weighted by atomic mass is 35.5. The number of thiocarbonyl (C=S) groups is 1. The molecule has 0 saturated carbocycles. The summed E-state index contributed by atoms with van der Waals surface area (Å²) in [7, 11) is -3.73. The van der Waals surface area contributed by atoms with Gasteiger partial charge in [-0.3, -0.25) is 4.72 Å². The molecule has 1 atom stereocenters. The summed E-state index contributed by atoms with van der Waals surface area (Å²) in [6.45, 7) is 1.41. The third-order valence-corrected chi connectivity index (χ3v) is 5.89. The molecule has 0 aromatic heterocycles. The average Bonchev–Trinajstić information content (AvgIpc) is 3.16. The van der Waals surface area contributed by atoms with Crippen LogP contribution in [0.4, 0.5) is 11.4 Å². The summed E-state index contributed by atoms with van der Waals surface area (Å²) in [5.74, 6) is 0. The first kappa shape index (κ1) is 19.9. The molecule has 144 valence electrons. The summed E-state index contributed by atoms with van der Waals surface area (Å²) in [6.07, 6.45) is 2.24. The Balaban J connectivity index is 1.63. The van der Waals surface area contributed by atoms with Crippen LogP contribution in [0, 0.1) is 0 Å². The van der Waals surface area contributed by atoms with Crippen molar-refractivity contribution < 1.29 is 13.2 Å². The summed E-state index contributed by atoms with van der Waals surface area (Å²) in [6, 6.07) is 12.9. The van der Waals surface area contributed by atoms with E-state index >= 15 is 0 Å². The van der Waals surface area contributed by atoms with Gasteiger partial charge in [0.1, 0.15) is 0 Å². The van der Waals surface area contributed by atoms with Gasteiger partial charge in [0.15, 0.2) is 5.11 Å². The van der Waals surface area contributed by atoms with Gasteiger partial charge in [-0.1, -0.05) is 17.7 Å². The first-order chi connectivity index (χ1) is 12.9. The molecule has 6 nitrogen and oxygen atoms in total. The Morgan fingerprint density at radius 2 is 1.96 bits per heavy atom. The van der Waals surface area contributed by atoms with E-state index in [4.69, 9.17) is 28.6 Å². The second kappa shape index (κ2) is 8.88. The summed E-state index contributed by atoms with van der Waals surface area (Å²) >= 11 is 11.1. The molecule has 3 rings (SSSR count). The van der Waals surface area contributed by atoms with Crippen molar-refractivity contribution >= 4 is 50.3 Å². The minimum Gasteiger partial charge on any atom is -0.376 e. The molecule has 9 heteroatoms. The summed E-state index contributed by atoms with van der Waals surface area (Å²) < 4.78 is 33.2. The molecule has 1 aliphatic rings. The molecule has 1 fully saturated rings. The zero-order chi connectivity index (χ0) is 19.3. The molecule has 2 aromatic carbocycles. The maximum absolute atomic E-state index is 12.6. The van der Waals surface area contributed by atoms with Gasteiger partial charge in [0.2, 0.25) is 0 Å². The lowest BCUT2D eigenvalue weighted by molar-refractivity contribution is 0.114. The third-order valence-electron chi connectivity index (χ3n) is 4.01. The van der Waals surface area contributed by atoms with Gasteiger partial charge in [0.05, 0.1) is 11.0 Å². The fourth-order valence-corrected chi connectivity index (χ4v) is 4.09. The molecular formula is C18H20ClN3O3S2. The second-order valence-electron chi connectivity index (χ2n) is 6.11. The normalized spacial score (nSPS) is 16.7. The number of hydrogen-bond acceptors (Lipinski definition) is 4. The summed E-state index contributed by atoms with van der Waals surface area (Å²) in [4.78, 5) is 0.129. The number of anilines is 2. The van der Waals surface area contributed by atoms with E-state index < -0.39 is 10.0 Å². The number of halogens is 1. The van der Waals surface area contributed by atoms with E-state index in [1.165, 1.54) is 12.1 Å². The number of sulfonamides is 1. The van der Waals surface area contributed by atoms with Crippen molar-refractivity contribution in [2.45, 2.75) is 23.8 Å². The van der Waals surface area contributed by atoms with Crippen LogP contribution in [0.3, 0.4) is 0 Å². The predicted octanol–water partition coefficient (Wildman–Crippen LogP) is 3.61. The minimum absolute atomic E-state index is 0.129. The van der Waals surface area contributed by atoms with Crippen molar-refractivity contribution in [2.75, 3.05) is 23.2 Å². The number of benzene rings is 2. The van der Waals surface area contributed by atoms with Crippen LogP contribution in [-0.2, 0) is 14.8 Å². The smallest absolute Gasteiger partial charge is 0.261 e. The molecule has 1 heterocycles. The van der Waals surface area contributed by atoms with Gasteiger partial charge in [-0.25, -0.2) is 8.42 Å². The van der Waals surface area contributed by atoms with Crippen LogP contribution in [0.25, 0.3) is 0 Å². The van der Waals surface area contributed by atoms with E-state index in [2.05, 4.69) is 15.4 Å². The fourth-order valence-electron chi connectivity index (χ4n) is 2.66. The number of ether oxygens (including phenoxy) is 1. The molecule has 0 amide bonds. The SMILES string of the molecule is O=S(=O)(Nc1ccc(Cl)cc1)c1cccc(NC(=S)NCC2CCCO2)c1. The molecule has 0 aliphatic carbocycles. The van der Waals surface area contributed by atoms with E-state index in [0.717, 1.165) is 19.4 Å². The van der Waals surface area contributed by atoms with Crippen LogP contribution in [-0.4, -0.2) is 32.8 Å². The highest BCUT2D eigenvalue weighted by Crippen LogP contribution is 2.20. The van der Waals surface area contributed by atoms with Crippen molar-refractivity contribution in [1.29, 1.82) is 0 Å². The molecule has 1 saturated heterocycles. The van der Waals surface area contributed by atoms with Crippen LogP contribution >= 0.6 is 23.8 Å². The molecule has 0 bridgehead atoms. The molecule has 0 radical (unpaired) electrons. The van der Waals surface area contributed by atoms with Gasteiger partial charge < -0.3 is 15.4 Å². The molecule has 27 heavy (non-hydrogen) atoms. The Bertz CT molecular complexity index is 898. The first-order valence-corrected chi connectivity index (χ1v) is 10.7. The predicted molar refractivity (Wildman–Crippen MR) is 112 cm³/mol. The second-order valence-corrected chi connectivity index (χ2v) is 8.64. The quantitative estimate of drug-likeness (QED) is 0.613. The van der Waals surface area contributed by atoms with Crippen molar-refractivity contribution in [3.05, 3.63) is 53.6 Å². The highest BCUT2D eigenvalue weighted by Gasteiger charge is 2.17. The molecule has 1 aliphatic heterocycles. The van der Waals surface area contributed by atoms with E-state index in [9.17, 15) is 8.42 Å². The van der Waals surface area contributed by atoms with Crippen LogP contribution in [0.15, 0.2) is 53.4 Å². The Labute approximate surface area is 169 Å². The van der Waals surface area contributed by atoms with Crippen molar-refractivity contribution in [1.82, 2.24) is 5.32 Å². The third kappa shape index (κ3) is 5.80. The largest absolute Gasteiger partial charge is 0.376 e. The van der Waals surface area contributed by atoms with Gasteiger partial charge in [0.25, 0.3) is 10.0 Å². The van der Waals surface area contributed by atoms with Gasteiger partial charge in [-0.15, -0.1) is 0 Å². The first-order valence-electron chi connectivity index (χ1n) is 8.47. The maximum Gasteiger partial charge on any atom is 0.261 e. The lowest BCUT2D eigenvalue weighted by Crippen LogP contribution is -2.34. The average molecular weight is 426 g/mol. The molecular weight excluding hydrogens is 406 g/mol. The van der Waals surface area contributed by atoms with Crippen molar-refractivity contribution in [3.8, 4) is 0 Å². The Hall–Kier alpha value is -1.87. The van der Waals surface area contributed by atoms with Crippen LogP contribution in [0.2, 0.25) is 5.02 Å². The van der Waals surface area contributed by atoms with E-state index in [-0.39, 0.29) is 11.0 Å². The Morgan fingerprint density at radius 1 is 1.19 bits per heavy atom. The molecule has 2 aromatic rings. The van der Waals surface area contributed by atoms with E-state index in [0.29, 0.717) is 28.1 Å². The standard InChI is InChI=1S/C18H20ClN3O3S2/c19-13-6-8-14(9-7-13)22-27(23,24)17-5-1-3-15(11-17)21-18(26)20-12-16-4-2-10-25-16/h1,3,5-9,11,16,22H,2,4,10,12H2,(H2,20,21,26). The van der Waals surface area contributed by atoms with Gasteiger partial charge in [0, 0.05) is 29.5 Å². The van der Waals surface area contributed by atoms with E-state index in [1.54, 1.807) is 36.4 Å². The summed E-state index contributed by atoms with van der Waals surface area (Å²) in [5.41, 5.74) is 1.02. The minimum atomic E-state index is -3.73. The highest BCUT2D eigenvalue weighted by molar-refractivity contribution is 7.92. The lowest BCUT2D eigenvalue weighted by Gasteiger charge is -2.15. The number of rotatable bonds is 6. The van der Waals surface area contributed by atoms with Gasteiger partial charge >= 0.3 is 0 Å². The monoisotopic (exact) mass is 425 g/mol. The summed E-state index contributed by atoms with van der Waals surface area (Å²) in [5, 5.41) is 7.06. The van der Waals surface area contributed by atoms with Crippen LogP contribution in [0.5, 0.6) is 0 Å².